The maximum absolute atomic E-state index is 13.5. The first kappa shape index (κ1) is 22.0. The number of thiazole rings is 1. The van der Waals surface area contributed by atoms with E-state index in [4.69, 9.17) is 9.97 Å². The number of hydrogen-bond acceptors (Lipinski definition) is 7. The van der Waals surface area contributed by atoms with Gasteiger partial charge in [0.2, 0.25) is 0 Å². The summed E-state index contributed by atoms with van der Waals surface area (Å²) in [4.78, 5) is 14.9. The Kier molecular flexibility index (Phi) is 5.59. The van der Waals surface area contributed by atoms with Crippen molar-refractivity contribution in [2.75, 3.05) is 43.0 Å². The molecule has 0 unspecified atom stereocenters. The van der Waals surface area contributed by atoms with Crippen LogP contribution in [-0.2, 0) is 12.8 Å². The van der Waals surface area contributed by atoms with Gasteiger partial charge in [-0.1, -0.05) is 11.3 Å². The van der Waals surface area contributed by atoms with Crippen molar-refractivity contribution in [1.82, 2.24) is 15.3 Å². The molecule has 0 spiro atoms. The zero-order valence-corrected chi connectivity index (χ0v) is 20.3. The molecule has 1 saturated heterocycles. The lowest BCUT2D eigenvalue weighted by Crippen LogP contribution is -2.43. The van der Waals surface area contributed by atoms with Crippen LogP contribution in [0.4, 0.5) is 20.9 Å². The molecule has 0 bridgehead atoms. The molecule has 2 aliphatic rings. The maximum Gasteiger partial charge on any atom is 0.191 e. The molecule has 1 N–H and O–H groups in total. The summed E-state index contributed by atoms with van der Waals surface area (Å²) in [5.41, 5.74) is 7.09. The number of rotatable bonds is 4. The minimum absolute atomic E-state index is 0.307. The monoisotopic (exact) mass is 484 g/mol. The van der Waals surface area contributed by atoms with Crippen molar-refractivity contribution in [3.8, 4) is 17.3 Å². The van der Waals surface area contributed by atoms with Gasteiger partial charge in [0.1, 0.15) is 22.5 Å². The number of anilines is 3. The Bertz CT molecular complexity index is 1450. The Morgan fingerprint density at radius 1 is 1.09 bits per heavy atom. The lowest BCUT2D eigenvalue weighted by molar-refractivity contribution is 0.589. The Morgan fingerprint density at radius 2 is 1.89 bits per heavy atom. The van der Waals surface area contributed by atoms with Gasteiger partial charge in [0.25, 0.3) is 0 Å². The van der Waals surface area contributed by atoms with E-state index in [9.17, 15) is 9.65 Å². The van der Waals surface area contributed by atoms with Crippen molar-refractivity contribution in [2.45, 2.75) is 19.3 Å². The largest absolute Gasteiger partial charge is 0.369 e. The summed E-state index contributed by atoms with van der Waals surface area (Å²) in [6.07, 6.45) is 3.05. The molecule has 0 radical (unpaired) electrons. The summed E-state index contributed by atoms with van der Waals surface area (Å²) in [5.74, 6) is -0.307. The minimum Gasteiger partial charge on any atom is -0.369 e. The lowest BCUT2D eigenvalue weighted by atomic mass is 10.0. The second-order valence-electron chi connectivity index (χ2n) is 9.03. The first-order chi connectivity index (χ1) is 17.1. The molecule has 1 fully saturated rings. The predicted octanol–water partition coefficient (Wildman–Crippen LogP) is 5.04. The number of aromatic nitrogens is 2. The Morgan fingerprint density at radius 3 is 2.66 bits per heavy atom. The van der Waals surface area contributed by atoms with Crippen LogP contribution in [0.2, 0.25) is 0 Å². The molecule has 6 rings (SSSR count). The van der Waals surface area contributed by atoms with Crippen molar-refractivity contribution in [3.05, 3.63) is 64.4 Å². The van der Waals surface area contributed by atoms with E-state index in [1.165, 1.54) is 34.7 Å². The molecule has 6 nitrogen and oxygen atoms in total. The summed E-state index contributed by atoms with van der Waals surface area (Å²) in [6.45, 7) is 3.92. The highest BCUT2D eigenvalue weighted by molar-refractivity contribution is 7.16. The van der Waals surface area contributed by atoms with Gasteiger partial charge in [-0.2, -0.15) is 5.26 Å². The van der Waals surface area contributed by atoms with E-state index in [0.717, 1.165) is 78.4 Å². The van der Waals surface area contributed by atoms with Crippen molar-refractivity contribution in [3.63, 3.8) is 0 Å². The van der Waals surface area contributed by atoms with Crippen molar-refractivity contribution in [2.24, 2.45) is 0 Å². The fourth-order valence-electron chi connectivity index (χ4n) is 5.16. The van der Waals surface area contributed by atoms with E-state index in [0.29, 0.717) is 10.6 Å². The first-order valence-electron chi connectivity index (χ1n) is 11.9. The van der Waals surface area contributed by atoms with Gasteiger partial charge in [0, 0.05) is 55.6 Å². The average molecular weight is 485 g/mol. The zero-order chi connectivity index (χ0) is 23.9. The molecule has 2 aromatic heterocycles. The number of nitrogens with one attached hydrogen (secondary N) is 1. The van der Waals surface area contributed by atoms with E-state index < -0.39 is 0 Å². The third-order valence-corrected chi connectivity index (χ3v) is 7.94. The molecule has 2 aromatic carbocycles. The van der Waals surface area contributed by atoms with Crippen LogP contribution >= 0.6 is 11.3 Å². The molecule has 4 aromatic rings. The number of nitrogens with zero attached hydrogens (tertiary/aromatic N) is 5. The van der Waals surface area contributed by atoms with Gasteiger partial charge in [0.15, 0.2) is 5.13 Å². The van der Waals surface area contributed by atoms with Gasteiger partial charge in [-0.25, -0.2) is 9.37 Å². The van der Waals surface area contributed by atoms with Crippen molar-refractivity contribution < 1.29 is 4.39 Å². The smallest absolute Gasteiger partial charge is 0.191 e. The quantitative estimate of drug-likeness (QED) is 0.438. The van der Waals surface area contributed by atoms with E-state index >= 15 is 0 Å². The van der Waals surface area contributed by atoms with E-state index in [-0.39, 0.29) is 5.82 Å². The number of pyridine rings is 1. The maximum atomic E-state index is 13.5. The Hall–Kier alpha value is -3.54. The molecule has 0 amide bonds. The topological polar surface area (TPSA) is 68.1 Å². The molecule has 176 valence electrons. The van der Waals surface area contributed by atoms with Gasteiger partial charge >= 0.3 is 0 Å². The molecule has 35 heavy (non-hydrogen) atoms. The van der Waals surface area contributed by atoms with Gasteiger partial charge in [-0.3, -0.25) is 4.98 Å². The number of aryl methyl sites for hydroxylation is 1. The third kappa shape index (κ3) is 3.91. The summed E-state index contributed by atoms with van der Waals surface area (Å²) in [5, 5.41) is 15.1. The molecule has 3 heterocycles. The second-order valence-corrected chi connectivity index (χ2v) is 10.0. The van der Waals surface area contributed by atoms with E-state index in [2.05, 4.69) is 39.4 Å². The normalized spacial score (nSPS) is 15.3. The van der Waals surface area contributed by atoms with Gasteiger partial charge in [-0.15, -0.1) is 0 Å². The fourth-order valence-corrected chi connectivity index (χ4v) is 6.01. The summed E-state index contributed by atoms with van der Waals surface area (Å²) >= 11 is 1.37. The molecule has 0 atom stereocenters. The van der Waals surface area contributed by atoms with Gasteiger partial charge in [0.05, 0.1) is 11.2 Å². The zero-order valence-electron chi connectivity index (χ0n) is 19.5. The van der Waals surface area contributed by atoms with Crippen LogP contribution in [0.25, 0.3) is 22.2 Å². The highest BCUT2D eigenvalue weighted by Gasteiger charge is 2.26. The molecular weight excluding hydrogens is 459 g/mol. The molecule has 8 heteroatoms. The molecule has 0 saturated carbocycles. The standard InChI is InChI=1S/C27H25FN6S/c1-33(27-32-25(24(16-29)35-27)17-5-7-18(28)8-6-17)26-20-3-2-4-22(20)31-23-10-9-19(15-21(23)26)34-13-11-30-12-14-34/h5-10,15,30H,2-4,11-14H2,1H3. The van der Waals surface area contributed by atoms with Crippen LogP contribution in [-0.4, -0.2) is 43.2 Å². The number of benzene rings is 2. The highest BCUT2D eigenvalue weighted by Crippen LogP contribution is 2.42. The van der Waals surface area contributed by atoms with Crippen molar-refractivity contribution in [1.29, 1.82) is 5.26 Å². The third-order valence-electron chi connectivity index (χ3n) is 6.90. The minimum atomic E-state index is -0.307. The Labute approximate surface area is 207 Å². The lowest BCUT2D eigenvalue weighted by Gasteiger charge is -2.30. The summed E-state index contributed by atoms with van der Waals surface area (Å²) in [6, 6.07) is 15.0. The summed E-state index contributed by atoms with van der Waals surface area (Å²) in [7, 11) is 2.03. The number of halogens is 1. The van der Waals surface area contributed by atoms with Crippen LogP contribution < -0.4 is 15.1 Å². The number of fused-ring (bicyclic) bond motifs is 2. The van der Waals surface area contributed by atoms with Crippen LogP contribution in [0.15, 0.2) is 42.5 Å². The second kappa shape index (κ2) is 8.91. The van der Waals surface area contributed by atoms with Crippen LogP contribution in [0, 0.1) is 17.1 Å². The highest BCUT2D eigenvalue weighted by atomic mass is 32.1. The molecular formula is C27H25FN6S. The first-order valence-corrected chi connectivity index (χ1v) is 12.8. The number of piperazine rings is 1. The van der Waals surface area contributed by atoms with Crippen molar-refractivity contribution >= 4 is 38.7 Å². The number of hydrogen-bond donors (Lipinski definition) is 1. The average Bonchev–Trinajstić information content (AvgIpc) is 3.54. The number of nitriles is 1. The van der Waals surface area contributed by atoms with E-state index in [1.807, 2.05) is 7.05 Å². The SMILES string of the molecule is CN(c1nc(-c2ccc(F)cc2)c(C#N)s1)c1c2c(nc3ccc(N4CCNCC4)cc13)CCC2. The molecule has 1 aliphatic heterocycles. The predicted molar refractivity (Wildman–Crippen MR) is 139 cm³/mol. The van der Waals surface area contributed by atoms with Crippen LogP contribution in [0.3, 0.4) is 0 Å². The van der Waals surface area contributed by atoms with Gasteiger partial charge in [-0.05, 0) is 67.3 Å². The van der Waals surface area contributed by atoms with E-state index in [1.54, 1.807) is 12.1 Å². The Balaban J connectivity index is 1.48. The molecule has 1 aliphatic carbocycles. The van der Waals surface area contributed by atoms with Crippen LogP contribution in [0.1, 0.15) is 22.6 Å². The summed E-state index contributed by atoms with van der Waals surface area (Å²) < 4.78 is 13.5. The fraction of sp³-hybridized carbons (Fsp3) is 0.296. The van der Waals surface area contributed by atoms with Gasteiger partial charge < -0.3 is 15.1 Å². The van der Waals surface area contributed by atoms with Crippen LogP contribution in [0.5, 0.6) is 0 Å².